The van der Waals surface area contributed by atoms with Crippen LogP contribution in [0.1, 0.15) is 44.6 Å². The number of benzene rings is 1. The van der Waals surface area contributed by atoms with E-state index in [2.05, 4.69) is 18.3 Å². The number of nitriles is 1. The lowest BCUT2D eigenvalue weighted by molar-refractivity contribution is 0.330. The van der Waals surface area contributed by atoms with Gasteiger partial charge in [-0.3, -0.25) is 0 Å². The normalized spacial score (nSPS) is 23.4. The molecule has 0 amide bonds. The summed E-state index contributed by atoms with van der Waals surface area (Å²) in [6.07, 6.45) is 6.28. The molecule has 0 unspecified atom stereocenters. The van der Waals surface area contributed by atoms with Gasteiger partial charge in [-0.05, 0) is 49.8 Å². The predicted molar refractivity (Wildman–Crippen MR) is 75.8 cm³/mol. The van der Waals surface area contributed by atoms with Crippen molar-refractivity contribution < 1.29 is 0 Å². The molecule has 1 aromatic rings. The van der Waals surface area contributed by atoms with Crippen molar-refractivity contribution in [1.29, 1.82) is 5.26 Å². The topological polar surface area (TPSA) is 35.8 Å². The number of rotatable bonds is 3. The lowest BCUT2D eigenvalue weighted by atomic mass is 9.84. The van der Waals surface area contributed by atoms with Gasteiger partial charge in [0.15, 0.2) is 0 Å². The van der Waals surface area contributed by atoms with Gasteiger partial charge in [-0.15, -0.1) is 0 Å². The quantitative estimate of drug-likeness (QED) is 0.865. The van der Waals surface area contributed by atoms with Crippen molar-refractivity contribution in [2.24, 2.45) is 5.92 Å². The average Bonchev–Trinajstić information content (AvgIpc) is 2.41. The van der Waals surface area contributed by atoms with Crippen LogP contribution in [-0.2, 0) is 0 Å². The maximum absolute atomic E-state index is 9.10. The second-order valence-electron chi connectivity index (χ2n) is 5.07. The van der Waals surface area contributed by atoms with E-state index in [4.69, 9.17) is 16.9 Å². The molecule has 0 atom stereocenters. The van der Waals surface area contributed by atoms with Crippen molar-refractivity contribution in [3.05, 3.63) is 28.8 Å². The van der Waals surface area contributed by atoms with Gasteiger partial charge in [-0.25, -0.2) is 0 Å². The third-order valence-corrected chi connectivity index (χ3v) is 4.12. The largest absolute Gasteiger partial charge is 0.381 e. The van der Waals surface area contributed by atoms with E-state index in [9.17, 15) is 0 Å². The van der Waals surface area contributed by atoms with Crippen LogP contribution in [-0.4, -0.2) is 6.04 Å². The molecule has 2 nitrogen and oxygen atoms in total. The fourth-order valence-corrected chi connectivity index (χ4v) is 2.84. The summed E-state index contributed by atoms with van der Waals surface area (Å²) in [6.45, 7) is 2.27. The lowest BCUT2D eigenvalue weighted by Crippen LogP contribution is -2.26. The monoisotopic (exact) mass is 262 g/mol. The summed E-state index contributed by atoms with van der Waals surface area (Å²) in [6, 6.07) is 8.17. The van der Waals surface area contributed by atoms with E-state index >= 15 is 0 Å². The summed E-state index contributed by atoms with van der Waals surface area (Å²) in [5.41, 5.74) is 1.56. The number of hydrogen-bond donors (Lipinski definition) is 1. The summed E-state index contributed by atoms with van der Waals surface area (Å²) < 4.78 is 0. The fourth-order valence-electron chi connectivity index (χ4n) is 2.67. The minimum absolute atomic E-state index is 0.501. The highest BCUT2D eigenvalue weighted by atomic mass is 35.5. The van der Waals surface area contributed by atoms with Crippen molar-refractivity contribution in [1.82, 2.24) is 0 Å². The van der Waals surface area contributed by atoms with Crippen LogP contribution in [0.15, 0.2) is 18.2 Å². The molecule has 1 saturated carbocycles. The van der Waals surface area contributed by atoms with Crippen LogP contribution < -0.4 is 5.32 Å². The van der Waals surface area contributed by atoms with Gasteiger partial charge in [0.25, 0.3) is 0 Å². The zero-order valence-corrected chi connectivity index (χ0v) is 11.5. The Hall–Kier alpha value is -1.20. The summed E-state index contributed by atoms with van der Waals surface area (Å²) in [5.74, 6) is 0.892. The Bertz CT molecular complexity index is 442. The van der Waals surface area contributed by atoms with Gasteiger partial charge < -0.3 is 5.32 Å². The molecule has 0 radical (unpaired) electrons. The van der Waals surface area contributed by atoms with Crippen LogP contribution in [0.25, 0.3) is 0 Å². The van der Waals surface area contributed by atoms with E-state index in [0.717, 1.165) is 11.6 Å². The molecule has 0 aliphatic heterocycles. The molecule has 0 aromatic heterocycles. The molecule has 0 bridgehead atoms. The highest BCUT2D eigenvalue weighted by Crippen LogP contribution is 2.29. The minimum atomic E-state index is 0.501. The first-order chi connectivity index (χ1) is 8.72. The zero-order chi connectivity index (χ0) is 13.0. The molecule has 0 saturated heterocycles. The fraction of sp³-hybridized carbons (Fsp3) is 0.533. The zero-order valence-electron chi connectivity index (χ0n) is 10.7. The molecule has 0 spiro atoms. The van der Waals surface area contributed by atoms with Crippen molar-refractivity contribution in [2.45, 2.75) is 45.1 Å². The molecule has 1 aliphatic carbocycles. The van der Waals surface area contributed by atoms with Gasteiger partial charge >= 0.3 is 0 Å². The molecular formula is C15H19ClN2. The van der Waals surface area contributed by atoms with Crippen molar-refractivity contribution in [2.75, 3.05) is 5.32 Å². The molecule has 1 fully saturated rings. The number of halogens is 1. The van der Waals surface area contributed by atoms with Crippen LogP contribution in [0, 0.1) is 17.2 Å². The summed E-state index contributed by atoms with van der Waals surface area (Å²) in [7, 11) is 0. The third kappa shape index (κ3) is 3.17. The number of nitrogens with one attached hydrogen (secondary N) is 1. The molecule has 1 aromatic carbocycles. The lowest BCUT2D eigenvalue weighted by Gasteiger charge is -2.29. The SMILES string of the molecule is CCC1CCC(Nc2ccc(Cl)cc2C#N)CC1. The van der Waals surface area contributed by atoms with Crippen LogP contribution in [0.3, 0.4) is 0 Å². The van der Waals surface area contributed by atoms with E-state index in [1.165, 1.54) is 32.1 Å². The Labute approximate surface area is 114 Å². The van der Waals surface area contributed by atoms with E-state index < -0.39 is 0 Å². The van der Waals surface area contributed by atoms with Gasteiger partial charge in [0.05, 0.1) is 11.3 Å². The molecular weight excluding hydrogens is 244 g/mol. The minimum Gasteiger partial charge on any atom is -0.381 e. The van der Waals surface area contributed by atoms with E-state index in [0.29, 0.717) is 16.6 Å². The molecule has 1 N–H and O–H groups in total. The molecule has 0 heterocycles. The van der Waals surface area contributed by atoms with E-state index in [1.54, 1.807) is 6.07 Å². The van der Waals surface area contributed by atoms with Gasteiger partial charge in [0, 0.05) is 11.1 Å². The molecule has 1 aliphatic rings. The number of hydrogen-bond acceptors (Lipinski definition) is 2. The van der Waals surface area contributed by atoms with Gasteiger partial charge in [0.1, 0.15) is 6.07 Å². The second kappa shape index (κ2) is 6.11. The number of anilines is 1. The summed E-state index contributed by atoms with van der Waals surface area (Å²) >= 11 is 5.90. The van der Waals surface area contributed by atoms with Gasteiger partial charge in [0.2, 0.25) is 0 Å². The molecule has 96 valence electrons. The predicted octanol–water partition coefficient (Wildman–Crippen LogP) is 4.59. The van der Waals surface area contributed by atoms with Gasteiger partial charge in [-0.2, -0.15) is 5.26 Å². The first-order valence-corrected chi connectivity index (χ1v) is 7.07. The Morgan fingerprint density at radius 3 is 2.67 bits per heavy atom. The Kier molecular flexibility index (Phi) is 4.49. The maximum Gasteiger partial charge on any atom is 0.101 e. The molecule has 3 heteroatoms. The number of nitrogens with zero attached hydrogens (tertiary/aromatic N) is 1. The Morgan fingerprint density at radius 2 is 2.06 bits per heavy atom. The standard InChI is InChI=1S/C15H19ClN2/c1-2-11-3-6-14(7-4-11)18-15-8-5-13(16)9-12(15)10-17/h5,8-9,11,14,18H,2-4,6-7H2,1H3. The average molecular weight is 263 g/mol. The smallest absolute Gasteiger partial charge is 0.101 e. The van der Waals surface area contributed by atoms with Crippen molar-refractivity contribution >= 4 is 17.3 Å². The summed E-state index contributed by atoms with van der Waals surface area (Å²) in [4.78, 5) is 0. The Balaban J connectivity index is 2.00. The third-order valence-electron chi connectivity index (χ3n) is 3.89. The first-order valence-electron chi connectivity index (χ1n) is 6.69. The van der Waals surface area contributed by atoms with Crippen LogP contribution >= 0.6 is 11.6 Å². The van der Waals surface area contributed by atoms with Crippen LogP contribution in [0.5, 0.6) is 0 Å². The second-order valence-corrected chi connectivity index (χ2v) is 5.51. The summed E-state index contributed by atoms with van der Waals surface area (Å²) in [5, 5.41) is 13.2. The molecule has 18 heavy (non-hydrogen) atoms. The van der Waals surface area contributed by atoms with E-state index in [1.807, 2.05) is 12.1 Å². The Morgan fingerprint density at radius 1 is 1.33 bits per heavy atom. The maximum atomic E-state index is 9.10. The van der Waals surface area contributed by atoms with Crippen molar-refractivity contribution in [3.8, 4) is 6.07 Å². The van der Waals surface area contributed by atoms with Crippen LogP contribution in [0.4, 0.5) is 5.69 Å². The van der Waals surface area contributed by atoms with Crippen LogP contribution in [0.2, 0.25) is 5.02 Å². The first kappa shape index (κ1) is 13.2. The molecule has 2 rings (SSSR count). The highest BCUT2D eigenvalue weighted by molar-refractivity contribution is 6.30. The van der Waals surface area contributed by atoms with Gasteiger partial charge in [-0.1, -0.05) is 24.9 Å². The van der Waals surface area contributed by atoms with E-state index in [-0.39, 0.29) is 0 Å². The highest BCUT2D eigenvalue weighted by Gasteiger charge is 2.20. The van der Waals surface area contributed by atoms with Crippen molar-refractivity contribution in [3.63, 3.8) is 0 Å².